The molecule has 2 rings (SSSR count). The summed E-state index contributed by atoms with van der Waals surface area (Å²) in [5.41, 5.74) is 2.21. The number of hydrogen-bond acceptors (Lipinski definition) is 6. The number of ether oxygens (including phenoxy) is 1. The van der Waals surface area contributed by atoms with Gasteiger partial charge in [-0.1, -0.05) is 43.2 Å². The quantitative estimate of drug-likeness (QED) is 0.212. The first-order valence-corrected chi connectivity index (χ1v) is 10.6. The molecule has 2 atom stereocenters. The number of carbonyl (C=O) groups is 4. The molecule has 1 fully saturated rings. The SMILES string of the molecule is COC(=O)[C@@H](NC(=O)C1CCCN1C(=O)CCCCCCC(=O)NO)c1ccccc1. The van der Waals surface area contributed by atoms with Crippen molar-refractivity contribution in [3.05, 3.63) is 35.9 Å². The fraction of sp³-hybridized carbons (Fsp3) is 0.545. The van der Waals surface area contributed by atoms with Crippen LogP contribution >= 0.6 is 0 Å². The highest BCUT2D eigenvalue weighted by Gasteiger charge is 2.36. The van der Waals surface area contributed by atoms with Gasteiger partial charge in [0.25, 0.3) is 0 Å². The lowest BCUT2D eigenvalue weighted by atomic mass is 10.1. The summed E-state index contributed by atoms with van der Waals surface area (Å²) in [5, 5.41) is 11.2. The van der Waals surface area contributed by atoms with Gasteiger partial charge < -0.3 is 15.0 Å². The Bertz CT molecular complexity index is 755. The smallest absolute Gasteiger partial charge is 0.333 e. The maximum absolute atomic E-state index is 12.9. The van der Waals surface area contributed by atoms with Crippen LogP contribution in [0.5, 0.6) is 0 Å². The van der Waals surface area contributed by atoms with E-state index < -0.39 is 24.0 Å². The third-order valence-electron chi connectivity index (χ3n) is 5.40. The molecule has 170 valence electrons. The number of rotatable bonds is 11. The van der Waals surface area contributed by atoms with Crippen LogP contribution in [0, 0.1) is 0 Å². The average Bonchev–Trinajstić information content (AvgIpc) is 3.29. The second-order valence-electron chi connectivity index (χ2n) is 7.57. The maximum atomic E-state index is 12.9. The molecule has 0 saturated carbocycles. The highest BCUT2D eigenvalue weighted by atomic mass is 16.5. The van der Waals surface area contributed by atoms with Crippen molar-refractivity contribution in [3.63, 3.8) is 0 Å². The lowest BCUT2D eigenvalue weighted by Crippen LogP contribution is -2.48. The minimum atomic E-state index is -0.924. The molecular weight excluding hydrogens is 402 g/mol. The topological polar surface area (TPSA) is 125 Å². The summed E-state index contributed by atoms with van der Waals surface area (Å²) in [6.45, 7) is 0.516. The molecule has 0 spiro atoms. The van der Waals surface area contributed by atoms with Crippen LogP contribution in [-0.2, 0) is 23.9 Å². The summed E-state index contributed by atoms with van der Waals surface area (Å²) in [5.74, 6) is -1.42. The largest absolute Gasteiger partial charge is 0.467 e. The molecule has 1 heterocycles. The third-order valence-corrected chi connectivity index (χ3v) is 5.40. The first-order chi connectivity index (χ1) is 15.0. The van der Waals surface area contributed by atoms with Gasteiger partial charge in [0.15, 0.2) is 6.04 Å². The molecule has 1 aromatic carbocycles. The molecule has 1 aromatic rings. The lowest BCUT2D eigenvalue weighted by molar-refractivity contribution is -0.146. The summed E-state index contributed by atoms with van der Waals surface area (Å²) in [4.78, 5) is 50.3. The Morgan fingerprint density at radius 2 is 1.77 bits per heavy atom. The highest BCUT2D eigenvalue weighted by Crippen LogP contribution is 2.22. The van der Waals surface area contributed by atoms with E-state index in [1.54, 1.807) is 34.6 Å². The molecule has 1 aliphatic rings. The van der Waals surface area contributed by atoms with Crippen LogP contribution in [0.1, 0.15) is 63.0 Å². The minimum absolute atomic E-state index is 0.0833. The van der Waals surface area contributed by atoms with Gasteiger partial charge in [-0.25, -0.2) is 10.3 Å². The van der Waals surface area contributed by atoms with E-state index in [9.17, 15) is 19.2 Å². The number of hydrogen-bond donors (Lipinski definition) is 3. The number of benzene rings is 1. The van der Waals surface area contributed by atoms with Crippen LogP contribution < -0.4 is 10.8 Å². The predicted octanol–water partition coefficient (Wildman–Crippen LogP) is 1.85. The summed E-state index contributed by atoms with van der Waals surface area (Å²) >= 11 is 0. The van der Waals surface area contributed by atoms with Crippen molar-refractivity contribution >= 4 is 23.7 Å². The summed E-state index contributed by atoms with van der Waals surface area (Å²) < 4.78 is 4.84. The van der Waals surface area contributed by atoms with Crippen LogP contribution in [0.4, 0.5) is 0 Å². The molecular formula is C22H31N3O6. The molecule has 31 heavy (non-hydrogen) atoms. The average molecular weight is 434 g/mol. The number of amides is 3. The Morgan fingerprint density at radius 1 is 1.10 bits per heavy atom. The number of unbranched alkanes of at least 4 members (excludes halogenated alkanes) is 3. The molecule has 3 amide bonds. The first-order valence-electron chi connectivity index (χ1n) is 10.6. The Kier molecular flexibility index (Phi) is 9.96. The Morgan fingerprint density at radius 3 is 2.42 bits per heavy atom. The van der Waals surface area contributed by atoms with E-state index in [0.29, 0.717) is 37.8 Å². The number of carbonyl (C=O) groups excluding carboxylic acids is 4. The van der Waals surface area contributed by atoms with E-state index in [0.717, 1.165) is 19.3 Å². The molecule has 0 aromatic heterocycles. The van der Waals surface area contributed by atoms with E-state index in [1.165, 1.54) is 7.11 Å². The van der Waals surface area contributed by atoms with Crippen LogP contribution in [0.15, 0.2) is 30.3 Å². The molecule has 0 radical (unpaired) electrons. The standard InChI is InChI=1S/C22H31N3O6/c1-31-22(29)20(16-10-5-4-6-11-16)23-21(28)17-12-9-15-25(17)19(27)14-8-3-2-7-13-18(26)24-30/h4-6,10-11,17,20,30H,2-3,7-9,12-15H2,1H3,(H,23,28)(H,24,26)/t17?,20-/m0/s1. The number of likely N-dealkylation sites (tertiary alicyclic amines) is 1. The zero-order valence-electron chi connectivity index (χ0n) is 17.8. The number of hydroxylamine groups is 1. The molecule has 1 saturated heterocycles. The van der Waals surface area contributed by atoms with Crippen molar-refractivity contribution < 1.29 is 29.1 Å². The van der Waals surface area contributed by atoms with E-state index in [2.05, 4.69) is 5.32 Å². The fourth-order valence-corrected chi connectivity index (χ4v) is 3.73. The number of nitrogens with zero attached hydrogens (tertiary/aromatic N) is 1. The fourth-order valence-electron chi connectivity index (χ4n) is 3.73. The molecule has 3 N–H and O–H groups in total. The van der Waals surface area contributed by atoms with Crippen LogP contribution in [0.25, 0.3) is 0 Å². The third kappa shape index (κ3) is 7.36. The summed E-state index contributed by atoms with van der Waals surface area (Å²) in [7, 11) is 1.27. The van der Waals surface area contributed by atoms with Crippen molar-refractivity contribution in [3.8, 4) is 0 Å². The summed E-state index contributed by atoms with van der Waals surface area (Å²) in [6.07, 6.45) is 4.74. The zero-order valence-corrected chi connectivity index (χ0v) is 17.8. The van der Waals surface area contributed by atoms with Crippen LogP contribution in [0.2, 0.25) is 0 Å². The van der Waals surface area contributed by atoms with E-state index in [1.807, 2.05) is 6.07 Å². The molecule has 9 nitrogen and oxygen atoms in total. The molecule has 0 aliphatic carbocycles. The van der Waals surface area contributed by atoms with Crippen molar-refractivity contribution in [2.45, 2.75) is 63.5 Å². The van der Waals surface area contributed by atoms with Gasteiger partial charge in [-0.05, 0) is 31.2 Å². The number of nitrogens with one attached hydrogen (secondary N) is 2. The van der Waals surface area contributed by atoms with Crippen molar-refractivity contribution in [1.82, 2.24) is 15.7 Å². The molecule has 1 aliphatic heterocycles. The van der Waals surface area contributed by atoms with Crippen molar-refractivity contribution in [1.29, 1.82) is 0 Å². The monoisotopic (exact) mass is 433 g/mol. The zero-order chi connectivity index (χ0) is 22.6. The maximum Gasteiger partial charge on any atom is 0.333 e. The van der Waals surface area contributed by atoms with Gasteiger partial charge in [0.2, 0.25) is 17.7 Å². The van der Waals surface area contributed by atoms with Gasteiger partial charge in [0.05, 0.1) is 7.11 Å². The second kappa shape index (κ2) is 12.7. The first kappa shape index (κ1) is 24.3. The van der Waals surface area contributed by atoms with Crippen LogP contribution in [0.3, 0.4) is 0 Å². The minimum Gasteiger partial charge on any atom is -0.467 e. The normalized spacial score (nSPS) is 16.5. The molecule has 0 bridgehead atoms. The van der Waals surface area contributed by atoms with Gasteiger partial charge in [-0.3, -0.25) is 19.6 Å². The van der Waals surface area contributed by atoms with Crippen LogP contribution in [-0.4, -0.2) is 53.5 Å². The number of esters is 1. The Hall–Kier alpha value is -2.94. The van der Waals surface area contributed by atoms with Crippen molar-refractivity contribution in [2.24, 2.45) is 0 Å². The van der Waals surface area contributed by atoms with Gasteiger partial charge in [-0.15, -0.1) is 0 Å². The Balaban J connectivity index is 1.86. The number of methoxy groups -OCH3 is 1. The van der Waals surface area contributed by atoms with E-state index in [-0.39, 0.29) is 18.2 Å². The van der Waals surface area contributed by atoms with Gasteiger partial charge in [0.1, 0.15) is 6.04 Å². The van der Waals surface area contributed by atoms with Crippen molar-refractivity contribution in [2.75, 3.05) is 13.7 Å². The van der Waals surface area contributed by atoms with E-state index >= 15 is 0 Å². The summed E-state index contributed by atoms with van der Waals surface area (Å²) in [6, 6.07) is 7.33. The molecule has 9 heteroatoms. The second-order valence-corrected chi connectivity index (χ2v) is 7.57. The highest BCUT2D eigenvalue weighted by molar-refractivity contribution is 5.91. The van der Waals surface area contributed by atoms with Gasteiger partial charge >= 0.3 is 5.97 Å². The lowest BCUT2D eigenvalue weighted by Gasteiger charge is -2.26. The Labute approximate surface area is 182 Å². The van der Waals surface area contributed by atoms with Gasteiger partial charge in [-0.2, -0.15) is 0 Å². The predicted molar refractivity (Wildman–Crippen MR) is 112 cm³/mol. The van der Waals surface area contributed by atoms with Gasteiger partial charge in [0, 0.05) is 19.4 Å². The van der Waals surface area contributed by atoms with E-state index in [4.69, 9.17) is 9.94 Å². The molecule has 1 unspecified atom stereocenters.